The second-order valence-corrected chi connectivity index (χ2v) is 4.50. The first-order valence-corrected chi connectivity index (χ1v) is 6.68. The molecule has 0 radical (unpaired) electrons. The van der Waals surface area contributed by atoms with Gasteiger partial charge >= 0.3 is 6.03 Å². The van der Waals surface area contributed by atoms with Crippen molar-refractivity contribution in [1.82, 2.24) is 25.4 Å². The lowest BCUT2D eigenvalue weighted by Gasteiger charge is -2.14. The summed E-state index contributed by atoms with van der Waals surface area (Å²) in [6.45, 7) is 3.31. The summed E-state index contributed by atoms with van der Waals surface area (Å²) in [6, 6.07) is 7.25. The number of amides is 2. The summed E-state index contributed by atoms with van der Waals surface area (Å²) in [6.07, 6.45) is 6.21. The van der Waals surface area contributed by atoms with Crippen molar-refractivity contribution in [2.45, 2.75) is 25.9 Å². The van der Waals surface area contributed by atoms with Crippen LogP contribution in [0.25, 0.3) is 0 Å². The Morgan fingerprint density at radius 3 is 2.95 bits per heavy atom. The van der Waals surface area contributed by atoms with E-state index in [0.717, 1.165) is 18.7 Å². The van der Waals surface area contributed by atoms with Crippen molar-refractivity contribution in [2.75, 3.05) is 6.54 Å². The standard InChI is InChI=1S/C14H19N5O/c1-12(13-6-2-3-7-15-13)18-14(20)16-8-4-10-19-11-5-9-17-19/h2-3,5-7,9,11-12H,4,8,10H2,1H3,(H2,16,18,20). The van der Waals surface area contributed by atoms with Crippen molar-refractivity contribution in [3.05, 3.63) is 48.5 Å². The molecule has 0 saturated heterocycles. The molecule has 0 aromatic carbocycles. The Kier molecular flexibility index (Phi) is 5.11. The molecular weight excluding hydrogens is 254 g/mol. The zero-order valence-electron chi connectivity index (χ0n) is 11.5. The van der Waals surface area contributed by atoms with E-state index in [1.165, 1.54) is 0 Å². The second kappa shape index (κ2) is 7.28. The Bertz CT molecular complexity index is 512. The first-order chi connectivity index (χ1) is 9.75. The average molecular weight is 273 g/mol. The minimum Gasteiger partial charge on any atom is -0.338 e. The van der Waals surface area contributed by atoms with Crippen molar-refractivity contribution < 1.29 is 4.79 Å². The molecule has 1 atom stereocenters. The van der Waals surface area contributed by atoms with Crippen LogP contribution in [0, 0.1) is 0 Å². The lowest BCUT2D eigenvalue weighted by Crippen LogP contribution is -2.38. The molecule has 2 amide bonds. The van der Waals surface area contributed by atoms with Crippen LogP contribution >= 0.6 is 0 Å². The first-order valence-electron chi connectivity index (χ1n) is 6.68. The Labute approximate surface area is 118 Å². The zero-order chi connectivity index (χ0) is 14.2. The number of carbonyl (C=O) groups excluding carboxylic acids is 1. The highest BCUT2D eigenvalue weighted by molar-refractivity contribution is 5.74. The predicted molar refractivity (Wildman–Crippen MR) is 76.0 cm³/mol. The fraction of sp³-hybridized carbons (Fsp3) is 0.357. The van der Waals surface area contributed by atoms with Crippen LogP contribution in [0.2, 0.25) is 0 Å². The van der Waals surface area contributed by atoms with Crippen LogP contribution in [0.5, 0.6) is 0 Å². The molecule has 2 rings (SSSR count). The van der Waals surface area contributed by atoms with Crippen LogP contribution in [0.3, 0.4) is 0 Å². The van der Waals surface area contributed by atoms with Crippen LogP contribution < -0.4 is 10.6 Å². The third kappa shape index (κ3) is 4.38. The van der Waals surface area contributed by atoms with E-state index in [9.17, 15) is 4.79 Å². The van der Waals surface area contributed by atoms with E-state index in [2.05, 4.69) is 20.7 Å². The number of aryl methyl sites for hydroxylation is 1. The number of carbonyl (C=O) groups is 1. The summed E-state index contributed by atoms with van der Waals surface area (Å²) in [7, 11) is 0. The van der Waals surface area contributed by atoms with Gasteiger partial charge in [0.15, 0.2) is 0 Å². The molecule has 2 aromatic rings. The molecule has 0 saturated carbocycles. The number of hydrogen-bond donors (Lipinski definition) is 2. The summed E-state index contributed by atoms with van der Waals surface area (Å²) < 4.78 is 1.84. The SMILES string of the molecule is CC(NC(=O)NCCCn1cccn1)c1ccccn1. The third-order valence-corrected chi connectivity index (χ3v) is 2.89. The molecule has 0 spiro atoms. The number of pyridine rings is 1. The summed E-state index contributed by atoms with van der Waals surface area (Å²) in [5, 5.41) is 9.78. The molecule has 6 nitrogen and oxygen atoms in total. The number of nitrogens with one attached hydrogen (secondary N) is 2. The minimum atomic E-state index is -0.177. The first kappa shape index (κ1) is 14.0. The zero-order valence-corrected chi connectivity index (χ0v) is 11.5. The van der Waals surface area contributed by atoms with Crippen LogP contribution in [0.1, 0.15) is 25.1 Å². The summed E-state index contributed by atoms with van der Waals surface area (Å²) in [4.78, 5) is 15.9. The minimum absolute atomic E-state index is 0.109. The largest absolute Gasteiger partial charge is 0.338 e. The molecule has 0 aliphatic rings. The summed E-state index contributed by atoms with van der Waals surface area (Å²) in [5.41, 5.74) is 0.846. The van der Waals surface area contributed by atoms with Crippen molar-refractivity contribution in [3.8, 4) is 0 Å². The number of nitrogens with zero attached hydrogens (tertiary/aromatic N) is 3. The molecule has 2 aromatic heterocycles. The molecule has 1 unspecified atom stereocenters. The Hall–Kier alpha value is -2.37. The molecule has 106 valence electrons. The normalized spacial score (nSPS) is 11.8. The van der Waals surface area contributed by atoms with Gasteiger partial charge in [-0.15, -0.1) is 0 Å². The van der Waals surface area contributed by atoms with Crippen LogP contribution in [-0.2, 0) is 6.54 Å². The van der Waals surface area contributed by atoms with Crippen molar-refractivity contribution in [1.29, 1.82) is 0 Å². The highest BCUT2D eigenvalue weighted by atomic mass is 16.2. The maximum Gasteiger partial charge on any atom is 0.315 e. The van der Waals surface area contributed by atoms with Crippen molar-refractivity contribution in [2.24, 2.45) is 0 Å². The highest BCUT2D eigenvalue weighted by Crippen LogP contribution is 2.06. The van der Waals surface area contributed by atoms with Gasteiger partial charge in [0.2, 0.25) is 0 Å². The third-order valence-electron chi connectivity index (χ3n) is 2.89. The number of hydrogen-bond acceptors (Lipinski definition) is 3. The molecule has 0 bridgehead atoms. The highest BCUT2D eigenvalue weighted by Gasteiger charge is 2.09. The maximum absolute atomic E-state index is 11.7. The molecule has 20 heavy (non-hydrogen) atoms. The molecule has 2 N–H and O–H groups in total. The smallest absolute Gasteiger partial charge is 0.315 e. The molecule has 0 aliphatic heterocycles. The van der Waals surface area contributed by atoms with Gasteiger partial charge in [0, 0.05) is 31.7 Å². The Morgan fingerprint density at radius 2 is 2.25 bits per heavy atom. The van der Waals surface area contributed by atoms with Gasteiger partial charge in [0.1, 0.15) is 0 Å². The van der Waals surface area contributed by atoms with Gasteiger partial charge < -0.3 is 10.6 Å². The van der Waals surface area contributed by atoms with E-state index in [0.29, 0.717) is 6.54 Å². The lowest BCUT2D eigenvalue weighted by molar-refractivity contribution is 0.237. The summed E-state index contributed by atoms with van der Waals surface area (Å²) in [5.74, 6) is 0. The van der Waals surface area contributed by atoms with Crippen molar-refractivity contribution in [3.63, 3.8) is 0 Å². The van der Waals surface area contributed by atoms with Crippen LogP contribution in [0.15, 0.2) is 42.9 Å². The van der Waals surface area contributed by atoms with E-state index >= 15 is 0 Å². The molecule has 2 heterocycles. The monoisotopic (exact) mass is 273 g/mol. The predicted octanol–water partition coefficient (Wildman–Crippen LogP) is 1.73. The van der Waals surface area contributed by atoms with Crippen LogP contribution in [0.4, 0.5) is 4.79 Å². The van der Waals surface area contributed by atoms with Gasteiger partial charge in [-0.3, -0.25) is 9.67 Å². The van der Waals surface area contributed by atoms with Crippen molar-refractivity contribution >= 4 is 6.03 Å². The lowest BCUT2D eigenvalue weighted by atomic mass is 10.2. The Morgan fingerprint density at radius 1 is 1.35 bits per heavy atom. The fourth-order valence-corrected chi connectivity index (χ4v) is 1.83. The van der Waals surface area contributed by atoms with Gasteiger partial charge in [-0.05, 0) is 31.5 Å². The number of rotatable bonds is 6. The molecule has 0 fully saturated rings. The van der Waals surface area contributed by atoms with E-state index < -0.39 is 0 Å². The second-order valence-electron chi connectivity index (χ2n) is 4.50. The van der Waals surface area contributed by atoms with Gasteiger partial charge in [0.05, 0.1) is 11.7 Å². The van der Waals surface area contributed by atoms with E-state index in [-0.39, 0.29) is 12.1 Å². The van der Waals surface area contributed by atoms with Gasteiger partial charge in [-0.1, -0.05) is 6.07 Å². The quantitative estimate of drug-likeness (QED) is 0.787. The topological polar surface area (TPSA) is 71.8 Å². The summed E-state index contributed by atoms with van der Waals surface area (Å²) >= 11 is 0. The van der Waals surface area contributed by atoms with Gasteiger partial charge in [-0.2, -0.15) is 5.10 Å². The Balaban J connectivity index is 1.65. The maximum atomic E-state index is 11.7. The van der Waals surface area contributed by atoms with E-state index in [1.54, 1.807) is 12.4 Å². The van der Waals surface area contributed by atoms with Gasteiger partial charge in [-0.25, -0.2) is 4.79 Å². The average Bonchev–Trinajstić information content (AvgIpc) is 2.98. The molecular formula is C14H19N5O. The number of aromatic nitrogens is 3. The van der Waals surface area contributed by atoms with Crippen LogP contribution in [-0.4, -0.2) is 27.3 Å². The number of urea groups is 1. The molecule has 0 aliphatic carbocycles. The molecule has 6 heteroatoms. The fourth-order valence-electron chi connectivity index (χ4n) is 1.83. The van der Waals surface area contributed by atoms with E-state index in [1.807, 2.05) is 42.1 Å². The van der Waals surface area contributed by atoms with Gasteiger partial charge in [0.25, 0.3) is 0 Å². The van der Waals surface area contributed by atoms with E-state index in [4.69, 9.17) is 0 Å².